The Hall–Kier alpha value is -2.98. The van der Waals surface area contributed by atoms with E-state index in [2.05, 4.69) is 90.9 Å². The molecular weight excluding hydrogens is 386 g/mol. The van der Waals surface area contributed by atoms with Gasteiger partial charge in [-0.2, -0.15) is 0 Å². The van der Waals surface area contributed by atoms with Gasteiger partial charge in [0, 0.05) is 18.3 Å². The summed E-state index contributed by atoms with van der Waals surface area (Å²) in [6, 6.07) is 23.4. The smallest absolute Gasteiger partial charge is 0.126 e. The third-order valence-corrected chi connectivity index (χ3v) is 6.33. The van der Waals surface area contributed by atoms with Crippen molar-refractivity contribution in [1.82, 2.24) is 9.97 Å². The summed E-state index contributed by atoms with van der Waals surface area (Å²) in [5.41, 5.74) is 6.04. The average molecular weight is 414 g/mol. The number of benzene rings is 2. The Bertz CT molecular complexity index is 1100. The Balaban J connectivity index is 1.51. The molecule has 0 saturated heterocycles. The van der Waals surface area contributed by atoms with Crippen molar-refractivity contribution in [1.29, 1.82) is 0 Å². The standard InChI is InChI=1S/C26H27N3S/c1-3-24-29-25(21-13-7-9-19(2)17-21)26(30-24)22-14-16-28-23(18-22)27-15-8-12-20-10-5-4-6-11-20/h4-7,9-11,13-14,16-18H,3,8,12,15H2,1-2H3,(H,27,28). The monoisotopic (exact) mass is 413 g/mol. The molecule has 2 heterocycles. The molecule has 3 nitrogen and oxygen atoms in total. The van der Waals surface area contributed by atoms with Gasteiger partial charge < -0.3 is 5.32 Å². The molecule has 30 heavy (non-hydrogen) atoms. The van der Waals surface area contributed by atoms with Crippen LogP contribution in [0.2, 0.25) is 0 Å². The van der Waals surface area contributed by atoms with Crippen molar-refractivity contribution in [3.05, 3.63) is 89.1 Å². The first kappa shape index (κ1) is 20.3. The Kier molecular flexibility index (Phi) is 6.55. The minimum atomic E-state index is 0.902. The van der Waals surface area contributed by atoms with E-state index >= 15 is 0 Å². The van der Waals surface area contributed by atoms with Gasteiger partial charge in [0.2, 0.25) is 0 Å². The van der Waals surface area contributed by atoms with Gasteiger partial charge in [-0.3, -0.25) is 0 Å². The van der Waals surface area contributed by atoms with E-state index in [9.17, 15) is 0 Å². The lowest BCUT2D eigenvalue weighted by molar-refractivity contribution is 0.859. The molecule has 0 aliphatic carbocycles. The molecule has 0 aliphatic rings. The van der Waals surface area contributed by atoms with Gasteiger partial charge in [0.05, 0.1) is 15.6 Å². The number of nitrogens with zero attached hydrogens (tertiary/aromatic N) is 2. The summed E-state index contributed by atoms with van der Waals surface area (Å²) in [6.45, 7) is 5.19. The molecule has 0 unspecified atom stereocenters. The molecule has 1 N–H and O–H groups in total. The minimum Gasteiger partial charge on any atom is -0.370 e. The van der Waals surface area contributed by atoms with Crippen molar-refractivity contribution in [2.45, 2.75) is 33.1 Å². The van der Waals surface area contributed by atoms with Crippen molar-refractivity contribution in [3.8, 4) is 21.7 Å². The van der Waals surface area contributed by atoms with Crippen LogP contribution in [0.25, 0.3) is 21.7 Å². The van der Waals surface area contributed by atoms with Gasteiger partial charge in [-0.15, -0.1) is 11.3 Å². The second-order valence-corrected chi connectivity index (χ2v) is 8.54. The second-order valence-electron chi connectivity index (χ2n) is 7.45. The molecule has 0 aliphatic heterocycles. The summed E-state index contributed by atoms with van der Waals surface area (Å²) in [4.78, 5) is 10.7. The summed E-state index contributed by atoms with van der Waals surface area (Å²) in [5, 5.41) is 4.65. The number of pyridine rings is 1. The fourth-order valence-corrected chi connectivity index (χ4v) is 4.54. The Morgan fingerprint density at radius 2 is 1.80 bits per heavy atom. The fourth-order valence-electron chi connectivity index (χ4n) is 3.52. The van der Waals surface area contributed by atoms with E-state index in [1.165, 1.54) is 27.1 Å². The molecule has 0 saturated carbocycles. The molecule has 0 bridgehead atoms. The number of hydrogen-bond acceptors (Lipinski definition) is 4. The number of rotatable bonds is 8. The maximum absolute atomic E-state index is 4.93. The van der Waals surface area contributed by atoms with Gasteiger partial charge in [-0.1, -0.05) is 61.0 Å². The van der Waals surface area contributed by atoms with Crippen molar-refractivity contribution in [2.24, 2.45) is 0 Å². The summed E-state index contributed by atoms with van der Waals surface area (Å²) in [7, 11) is 0. The average Bonchev–Trinajstić information content (AvgIpc) is 3.22. The van der Waals surface area contributed by atoms with E-state index in [0.29, 0.717) is 0 Å². The van der Waals surface area contributed by atoms with Gasteiger partial charge in [-0.25, -0.2) is 9.97 Å². The van der Waals surface area contributed by atoms with Gasteiger partial charge >= 0.3 is 0 Å². The van der Waals surface area contributed by atoms with Crippen molar-refractivity contribution in [2.75, 3.05) is 11.9 Å². The highest BCUT2D eigenvalue weighted by Crippen LogP contribution is 2.37. The SMILES string of the molecule is CCc1nc(-c2cccc(C)c2)c(-c2ccnc(NCCCc3ccccc3)c2)s1. The molecule has 0 radical (unpaired) electrons. The van der Waals surface area contributed by atoms with Gasteiger partial charge in [0.1, 0.15) is 5.82 Å². The van der Waals surface area contributed by atoms with Crippen molar-refractivity contribution in [3.63, 3.8) is 0 Å². The van der Waals surface area contributed by atoms with E-state index in [1.807, 2.05) is 6.20 Å². The zero-order chi connectivity index (χ0) is 20.8. The number of anilines is 1. The third-order valence-electron chi connectivity index (χ3n) is 5.08. The third kappa shape index (κ3) is 4.95. The Morgan fingerprint density at radius 1 is 0.933 bits per heavy atom. The zero-order valence-corrected chi connectivity index (χ0v) is 18.4. The lowest BCUT2D eigenvalue weighted by Crippen LogP contribution is -2.04. The Labute approximate surface area is 182 Å². The van der Waals surface area contributed by atoms with Crippen molar-refractivity contribution >= 4 is 17.2 Å². The Morgan fingerprint density at radius 3 is 2.60 bits per heavy atom. The van der Waals surface area contributed by atoms with Crippen LogP contribution in [0.4, 0.5) is 5.82 Å². The van der Waals surface area contributed by atoms with Gasteiger partial charge in [0.15, 0.2) is 0 Å². The second kappa shape index (κ2) is 9.68. The van der Waals surface area contributed by atoms with E-state index < -0.39 is 0 Å². The minimum absolute atomic E-state index is 0.902. The van der Waals surface area contributed by atoms with Crippen LogP contribution >= 0.6 is 11.3 Å². The normalized spacial score (nSPS) is 10.9. The molecule has 2 aromatic carbocycles. The lowest BCUT2D eigenvalue weighted by Gasteiger charge is -2.08. The fraction of sp³-hybridized carbons (Fsp3) is 0.231. The molecule has 4 rings (SSSR count). The molecule has 0 atom stereocenters. The van der Waals surface area contributed by atoms with Crippen LogP contribution < -0.4 is 5.32 Å². The first-order valence-corrected chi connectivity index (χ1v) is 11.4. The summed E-state index contributed by atoms with van der Waals surface area (Å²) >= 11 is 1.78. The summed E-state index contributed by atoms with van der Waals surface area (Å²) < 4.78 is 0. The van der Waals surface area contributed by atoms with E-state index in [4.69, 9.17) is 4.98 Å². The van der Waals surface area contributed by atoms with E-state index in [0.717, 1.165) is 42.3 Å². The van der Waals surface area contributed by atoms with E-state index in [-0.39, 0.29) is 0 Å². The molecule has 0 fully saturated rings. The number of aromatic nitrogens is 2. The predicted molar refractivity (Wildman–Crippen MR) is 128 cm³/mol. The number of nitrogens with one attached hydrogen (secondary N) is 1. The lowest BCUT2D eigenvalue weighted by atomic mass is 10.1. The van der Waals surface area contributed by atoms with Crippen LogP contribution in [0.15, 0.2) is 72.9 Å². The van der Waals surface area contributed by atoms with Crippen LogP contribution in [0, 0.1) is 6.92 Å². The van der Waals surface area contributed by atoms with E-state index in [1.54, 1.807) is 11.3 Å². The number of hydrogen-bond donors (Lipinski definition) is 1. The molecular formula is C26H27N3S. The molecule has 4 heteroatoms. The summed E-state index contributed by atoms with van der Waals surface area (Å²) in [5.74, 6) is 0.919. The zero-order valence-electron chi connectivity index (χ0n) is 17.6. The quantitative estimate of drug-likeness (QED) is 0.323. The molecule has 2 aromatic heterocycles. The molecule has 4 aromatic rings. The maximum atomic E-state index is 4.93. The van der Waals surface area contributed by atoms with Gasteiger partial charge in [0.25, 0.3) is 0 Å². The molecule has 152 valence electrons. The van der Waals surface area contributed by atoms with Crippen LogP contribution in [-0.4, -0.2) is 16.5 Å². The first-order chi connectivity index (χ1) is 14.7. The van der Waals surface area contributed by atoms with Crippen LogP contribution in [0.3, 0.4) is 0 Å². The van der Waals surface area contributed by atoms with Crippen molar-refractivity contribution < 1.29 is 0 Å². The summed E-state index contributed by atoms with van der Waals surface area (Å²) in [6.07, 6.45) is 4.98. The highest BCUT2D eigenvalue weighted by molar-refractivity contribution is 7.15. The highest BCUT2D eigenvalue weighted by atomic mass is 32.1. The number of aryl methyl sites for hydroxylation is 3. The number of thiazole rings is 1. The van der Waals surface area contributed by atoms with Crippen LogP contribution in [-0.2, 0) is 12.8 Å². The highest BCUT2D eigenvalue weighted by Gasteiger charge is 2.15. The van der Waals surface area contributed by atoms with Gasteiger partial charge in [-0.05, 0) is 55.5 Å². The maximum Gasteiger partial charge on any atom is 0.126 e. The predicted octanol–water partition coefficient (Wildman–Crippen LogP) is 6.79. The topological polar surface area (TPSA) is 37.8 Å². The molecule has 0 spiro atoms. The van der Waals surface area contributed by atoms with Crippen LogP contribution in [0.1, 0.15) is 29.5 Å². The largest absolute Gasteiger partial charge is 0.370 e. The van der Waals surface area contributed by atoms with Crippen LogP contribution in [0.5, 0.6) is 0 Å². The molecule has 0 amide bonds. The first-order valence-electron chi connectivity index (χ1n) is 10.5.